The predicted octanol–water partition coefficient (Wildman–Crippen LogP) is 4.39. The van der Waals surface area contributed by atoms with E-state index in [2.05, 4.69) is 20.9 Å². The van der Waals surface area contributed by atoms with Crippen LogP contribution in [0.3, 0.4) is 0 Å². The Hall–Kier alpha value is -4.21. The minimum atomic E-state index is -1.18. The lowest BCUT2D eigenvalue weighted by Crippen LogP contribution is -2.42. The van der Waals surface area contributed by atoms with E-state index in [9.17, 15) is 24.3 Å². The number of aliphatic carboxylic acids is 1. The van der Waals surface area contributed by atoms with Gasteiger partial charge in [-0.05, 0) is 36.1 Å². The van der Waals surface area contributed by atoms with Gasteiger partial charge < -0.3 is 21.1 Å². The number of hydrogen-bond donors (Lipinski definition) is 4. The van der Waals surface area contributed by atoms with Gasteiger partial charge in [-0.15, -0.1) is 0 Å². The van der Waals surface area contributed by atoms with Crippen LogP contribution in [-0.4, -0.2) is 34.6 Å². The molecule has 39 heavy (non-hydrogen) atoms. The zero-order chi connectivity index (χ0) is 27.9. The highest BCUT2D eigenvalue weighted by atomic mass is 35.5. The van der Waals surface area contributed by atoms with E-state index in [4.69, 9.17) is 23.2 Å². The molecule has 1 atom stereocenters. The van der Waals surface area contributed by atoms with Crippen LogP contribution >= 0.6 is 23.2 Å². The normalized spacial score (nSPS) is 11.6. The predicted molar refractivity (Wildman–Crippen MR) is 152 cm³/mol. The molecule has 3 aromatic carbocycles. The van der Waals surface area contributed by atoms with Crippen LogP contribution in [0.25, 0.3) is 0 Å². The Balaban J connectivity index is 1.36. The molecule has 0 radical (unpaired) electrons. The molecule has 0 fully saturated rings. The van der Waals surface area contributed by atoms with Crippen LogP contribution in [0.15, 0.2) is 76.6 Å². The maximum Gasteiger partial charge on any atom is 0.326 e. The molecule has 0 bridgehead atoms. The van der Waals surface area contributed by atoms with Gasteiger partial charge >= 0.3 is 5.97 Å². The number of carbonyl (C=O) groups is 2. The minimum Gasteiger partial charge on any atom is -0.480 e. The lowest BCUT2D eigenvalue weighted by Gasteiger charge is -2.20. The number of rotatable bonds is 12. The molecule has 1 aromatic heterocycles. The van der Waals surface area contributed by atoms with Crippen molar-refractivity contribution in [3.63, 3.8) is 0 Å². The fourth-order valence-electron chi connectivity index (χ4n) is 4.00. The molecule has 0 aliphatic rings. The van der Waals surface area contributed by atoms with Gasteiger partial charge in [0.1, 0.15) is 17.4 Å². The monoisotopic (exact) mass is 566 g/mol. The van der Waals surface area contributed by atoms with E-state index in [-0.39, 0.29) is 33.4 Å². The summed E-state index contributed by atoms with van der Waals surface area (Å²) >= 11 is 12.1. The summed E-state index contributed by atoms with van der Waals surface area (Å²) in [7, 11) is 0. The van der Waals surface area contributed by atoms with Crippen molar-refractivity contribution < 1.29 is 14.7 Å². The molecule has 4 N–H and O–H groups in total. The largest absolute Gasteiger partial charge is 0.480 e. The number of aromatic nitrogens is 1. The van der Waals surface area contributed by atoms with Gasteiger partial charge in [0, 0.05) is 31.0 Å². The fraction of sp³-hybridized carbons (Fsp3) is 0.179. The second-order valence-corrected chi connectivity index (χ2v) is 9.61. The summed E-state index contributed by atoms with van der Waals surface area (Å²) in [5.74, 6) is -1.70. The Kier molecular flexibility index (Phi) is 8.96. The smallest absolute Gasteiger partial charge is 0.326 e. The molecule has 0 aliphatic carbocycles. The number of carbonyl (C=O) groups excluding carboxylic acids is 1. The van der Waals surface area contributed by atoms with E-state index in [1.54, 1.807) is 24.3 Å². The summed E-state index contributed by atoms with van der Waals surface area (Å²) in [6, 6.07) is 15.2. The van der Waals surface area contributed by atoms with Gasteiger partial charge in [-0.2, -0.15) is 0 Å². The molecule has 0 saturated heterocycles. The number of pyridine rings is 1. The molecule has 4 rings (SSSR count). The van der Waals surface area contributed by atoms with Crippen molar-refractivity contribution in [3.05, 3.63) is 114 Å². The van der Waals surface area contributed by atoms with Crippen molar-refractivity contribution in [1.29, 1.82) is 0 Å². The highest BCUT2D eigenvalue weighted by Gasteiger charge is 2.26. The van der Waals surface area contributed by atoms with E-state index in [1.165, 1.54) is 12.4 Å². The maximum atomic E-state index is 12.6. The first-order valence-electron chi connectivity index (χ1n) is 12.0. The molecule has 4 aromatic rings. The standard InChI is InChI=1S/C28H24Cl2N4O5/c29-19-14-31-15-20(30)22(19)27(37)33-18-10-8-17(9-11-18)13-21(28(38)39)34-24-23(25(35)26(24)36)32-12-4-7-16-5-2-1-3-6-16/h1-3,5-6,8-11,14-15,21,32,34H,4,7,12-13H2,(H,33,37)(H,38,39)/t21-/m0/s1. The number of carboxylic acids is 1. The van der Waals surface area contributed by atoms with E-state index < -0.39 is 28.8 Å². The first-order valence-corrected chi connectivity index (χ1v) is 12.8. The summed E-state index contributed by atoms with van der Waals surface area (Å²) in [6.07, 6.45) is 4.17. The average molecular weight is 567 g/mol. The summed E-state index contributed by atoms with van der Waals surface area (Å²) < 4.78 is 0. The molecule has 1 heterocycles. The number of aryl methyl sites for hydroxylation is 1. The summed E-state index contributed by atoms with van der Waals surface area (Å²) in [6.45, 7) is 0.454. The molecular weight excluding hydrogens is 543 g/mol. The Morgan fingerprint density at radius 2 is 1.51 bits per heavy atom. The second-order valence-electron chi connectivity index (χ2n) is 8.79. The lowest BCUT2D eigenvalue weighted by molar-refractivity contribution is -0.137. The molecule has 11 heteroatoms. The number of anilines is 3. The quantitative estimate of drug-likeness (QED) is 0.146. The van der Waals surface area contributed by atoms with Crippen LogP contribution < -0.4 is 26.8 Å². The first kappa shape index (κ1) is 27.8. The molecule has 0 aliphatic heterocycles. The molecular formula is C28H24Cl2N4O5. The van der Waals surface area contributed by atoms with Gasteiger partial charge in [-0.25, -0.2) is 4.79 Å². The summed E-state index contributed by atoms with van der Waals surface area (Å²) in [5.41, 5.74) is 0.970. The Morgan fingerprint density at radius 1 is 0.872 bits per heavy atom. The highest BCUT2D eigenvalue weighted by molar-refractivity contribution is 6.40. The number of carboxylic acid groups (broad SMARTS) is 1. The molecule has 0 saturated carbocycles. The number of benzene rings is 2. The van der Waals surface area contributed by atoms with Crippen molar-refractivity contribution in [3.8, 4) is 0 Å². The zero-order valence-corrected chi connectivity index (χ0v) is 22.1. The van der Waals surface area contributed by atoms with Crippen LogP contribution in [0.1, 0.15) is 27.9 Å². The number of hydrogen-bond acceptors (Lipinski definition) is 7. The van der Waals surface area contributed by atoms with Crippen molar-refractivity contribution in [2.24, 2.45) is 0 Å². The van der Waals surface area contributed by atoms with Crippen LogP contribution in [-0.2, 0) is 17.6 Å². The number of halogens is 2. The van der Waals surface area contributed by atoms with Crippen molar-refractivity contribution in [2.45, 2.75) is 25.3 Å². The van der Waals surface area contributed by atoms with Gasteiger partial charge in [-0.3, -0.25) is 19.4 Å². The van der Waals surface area contributed by atoms with Crippen molar-refractivity contribution in [2.75, 3.05) is 22.5 Å². The molecule has 0 spiro atoms. The van der Waals surface area contributed by atoms with Gasteiger partial charge in [0.15, 0.2) is 0 Å². The lowest BCUT2D eigenvalue weighted by atomic mass is 10.0. The first-order chi connectivity index (χ1) is 18.7. The number of nitrogens with one attached hydrogen (secondary N) is 3. The fourth-order valence-corrected chi connectivity index (χ4v) is 4.54. The van der Waals surface area contributed by atoms with Gasteiger partial charge in [0.25, 0.3) is 16.8 Å². The molecule has 0 unspecified atom stereocenters. The minimum absolute atomic E-state index is 0.0256. The van der Waals surface area contributed by atoms with E-state index in [1.807, 2.05) is 30.3 Å². The number of nitrogens with zero attached hydrogens (tertiary/aromatic N) is 1. The highest BCUT2D eigenvalue weighted by Crippen LogP contribution is 2.24. The van der Waals surface area contributed by atoms with Crippen LogP contribution in [0.2, 0.25) is 10.0 Å². The van der Waals surface area contributed by atoms with Crippen LogP contribution in [0.5, 0.6) is 0 Å². The zero-order valence-electron chi connectivity index (χ0n) is 20.5. The van der Waals surface area contributed by atoms with E-state index in [0.717, 1.165) is 18.4 Å². The molecule has 1 amide bonds. The van der Waals surface area contributed by atoms with Crippen LogP contribution in [0.4, 0.5) is 17.1 Å². The van der Waals surface area contributed by atoms with Gasteiger partial charge in [0.2, 0.25) is 0 Å². The Labute approximate surface area is 233 Å². The van der Waals surface area contributed by atoms with Crippen LogP contribution in [0, 0.1) is 0 Å². The SMILES string of the molecule is O=C(Nc1ccc(C[C@H](Nc2c(NCCCc3ccccc3)c(=O)c2=O)C(=O)O)cc1)c1c(Cl)cncc1Cl. The number of amides is 1. The summed E-state index contributed by atoms with van der Waals surface area (Å²) in [5, 5.41) is 18.3. The van der Waals surface area contributed by atoms with E-state index in [0.29, 0.717) is 17.8 Å². The van der Waals surface area contributed by atoms with Gasteiger partial charge in [0.05, 0.1) is 15.6 Å². The second kappa shape index (κ2) is 12.6. The maximum absolute atomic E-state index is 12.6. The third-order valence-electron chi connectivity index (χ3n) is 6.05. The van der Waals surface area contributed by atoms with Crippen molar-refractivity contribution in [1.82, 2.24) is 4.98 Å². The van der Waals surface area contributed by atoms with Gasteiger partial charge in [-0.1, -0.05) is 65.7 Å². The summed E-state index contributed by atoms with van der Waals surface area (Å²) in [4.78, 5) is 52.6. The molecule has 9 nitrogen and oxygen atoms in total. The Morgan fingerprint density at radius 3 is 2.15 bits per heavy atom. The Bertz CT molecular complexity index is 1530. The van der Waals surface area contributed by atoms with Crippen molar-refractivity contribution >= 4 is 52.1 Å². The third-order valence-corrected chi connectivity index (χ3v) is 6.62. The third kappa shape index (κ3) is 6.81. The van der Waals surface area contributed by atoms with E-state index >= 15 is 0 Å². The average Bonchev–Trinajstić information content (AvgIpc) is 2.92. The molecule has 200 valence electrons. The topological polar surface area (TPSA) is 137 Å².